The summed E-state index contributed by atoms with van der Waals surface area (Å²) in [5, 5.41) is 4.70. The van der Waals surface area contributed by atoms with E-state index in [0.717, 1.165) is 11.6 Å². The molecule has 0 aromatic heterocycles. The van der Waals surface area contributed by atoms with Crippen molar-refractivity contribution in [3.63, 3.8) is 0 Å². The largest absolute Gasteiger partial charge is 0.340 e. The molecule has 17 heavy (non-hydrogen) atoms. The van der Waals surface area contributed by atoms with Crippen LogP contribution >= 0.6 is 0 Å². The number of nitroso groups, excluding NO2 is 1. The van der Waals surface area contributed by atoms with Crippen LogP contribution in [0.4, 0.5) is 0 Å². The third-order valence-electron chi connectivity index (χ3n) is 2.17. The van der Waals surface area contributed by atoms with E-state index in [1.807, 2.05) is 6.07 Å². The fourth-order valence-electron chi connectivity index (χ4n) is 1.34. The van der Waals surface area contributed by atoms with E-state index in [2.05, 4.69) is 17.1 Å². The maximum Gasteiger partial charge on any atom is 0.308 e. The summed E-state index contributed by atoms with van der Waals surface area (Å²) in [4.78, 5) is 32.6. The molecule has 88 valence electrons. The van der Waals surface area contributed by atoms with Crippen molar-refractivity contribution >= 4 is 11.8 Å². The van der Waals surface area contributed by atoms with Gasteiger partial charge in [-0.15, -0.1) is 4.91 Å². The zero-order valence-electron chi connectivity index (χ0n) is 9.13. The standard InChI is InChI=1S/C12H12N2O3/c1-2-11(15)13-10(12(16)14-17)8-9-6-4-3-5-7-9/h2-7,10H,1,8H2,(H,13,15). The number of amides is 2. The Morgan fingerprint density at radius 1 is 1.35 bits per heavy atom. The second-order valence-corrected chi connectivity index (χ2v) is 3.38. The van der Waals surface area contributed by atoms with Gasteiger partial charge in [0, 0.05) is 11.6 Å². The van der Waals surface area contributed by atoms with Crippen LogP contribution in [0, 0.1) is 4.91 Å². The monoisotopic (exact) mass is 232 g/mol. The van der Waals surface area contributed by atoms with Crippen LogP contribution in [0.25, 0.3) is 0 Å². The number of nitrogens with zero attached hydrogens (tertiary/aromatic N) is 1. The average Bonchev–Trinajstić information content (AvgIpc) is 2.38. The Balaban J connectivity index is 2.77. The van der Waals surface area contributed by atoms with Gasteiger partial charge in [0.1, 0.15) is 6.04 Å². The number of hydrogen-bond acceptors (Lipinski definition) is 3. The Kier molecular flexibility index (Phi) is 4.75. The highest BCUT2D eigenvalue weighted by atomic mass is 16.3. The Morgan fingerprint density at radius 3 is 2.53 bits per heavy atom. The van der Waals surface area contributed by atoms with E-state index in [9.17, 15) is 14.5 Å². The minimum atomic E-state index is -0.944. The molecule has 0 saturated heterocycles. The van der Waals surface area contributed by atoms with Crippen molar-refractivity contribution < 1.29 is 9.59 Å². The summed E-state index contributed by atoms with van der Waals surface area (Å²) >= 11 is 0. The first kappa shape index (κ1) is 12.8. The summed E-state index contributed by atoms with van der Waals surface area (Å²) in [6.07, 6.45) is 1.26. The smallest absolute Gasteiger partial charge is 0.308 e. The normalized spacial score (nSPS) is 11.3. The van der Waals surface area contributed by atoms with Crippen LogP contribution in [0.15, 0.2) is 48.2 Å². The fourth-order valence-corrected chi connectivity index (χ4v) is 1.34. The van der Waals surface area contributed by atoms with Crippen LogP contribution < -0.4 is 5.32 Å². The van der Waals surface area contributed by atoms with Gasteiger partial charge in [-0.2, -0.15) is 0 Å². The predicted octanol–water partition coefficient (Wildman–Crippen LogP) is 1.19. The summed E-state index contributed by atoms with van der Waals surface area (Å²) in [6, 6.07) is 8.10. The lowest BCUT2D eigenvalue weighted by atomic mass is 10.1. The molecule has 1 rings (SSSR count). The van der Waals surface area contributed by atoms with Crippen molar-refractivity contribution in [2.45, 2.75) is 12.5 Å². The molecule has 0 radical (unpaired) electrons. The van der Waals surface area contributed by atoms with Gasteiger partial charge < -0.3 is 5.32 Å². The minimum Gasteiger partial charge on any atom is -0.340 e. The topological polar surface area (TPSA) is 75.6 Å². The van der Waals surface area contributed by atoms with Crippen molar-refractivity contribution in [3.8, 4) is 0 Å². The molecule has 1 unspecified atom stereocenters. The summed E-state index contributed by atoms with van der Waals surface area (Å²) in [6.45, 7) is 3.27. The number of benzene rings is 1. The van der Waals surface area contributed by atoms with E-state index in [1.54, 1.807) is 24.3 Å². The van der Waals surface area contributed by atoms with Gasteiger partial charge in [-0.3, -0.25) is 9.59 Å². The molecule has 0 bridgehead atoms. The zero-order valence-corrected chi connectivity index (χ0v) is 9.13. The van der Waals surface area contributed by atoms with Gasteiger partial charge >= 0.3 is 5.91 Å². The van der Waals surface area contributed by atoms with Crippen molar-refractivity contribution in [3.05, 3.63) is 53.5 Å². The molecule has 5 heteroatoms. The van der Waals surface area contributed by atoms with Crippen molar-refractivity contribution in [2.75, 3.05) is 0 Å². The molecular formula is C12H12N2O3. The van der Waals surface area contributed by atoms with Crippen LogP contribution in [0.2, 0.25) is 0 Å². The lowest BCUT2D eigenvalue weighted by molar-refractivity contribution is -0.124. The molecule has 0 aliphatic heterocycles. The quantitative estimate of drug-likeness (QED) is 0.612. The number of carbonyl (C=O) groups is 2. The summed E-state index contributed by atoms with van der Waals surface area (Å²) < 4.78 is 0. The Hall–Kier alpha value is -2.30. The molecule has 2 amide bonds. The Bertz CT molecular complexity index is 429. The van der Waals surface area contributed by atoms with Gasteiger partial charge in [-0.05, 0) is 11.6 Å². The minimum absolute atomic E-state index is 0.227. The SMILES string of the molecule is C=CC(=O)NC(Cc1ccccc1)C(=O)N=O. The number of nitrogens with one attached hydrogen (secondary N) is 1. The van der Waals surface area contributed by atoms with Gasteiger partial charge in [0.05, 0.1) is 0 Å². The zero-order chi connectivity index (χ0) is 12.7. The molecule has 0 saturated carbocycles. The van der Waals surface area contributed by atoms with E-state index < -0.39 is 17.9 Å². The van der Waals surface area contributed by atoms with Gasteiger partial charge in [0.2, 0.25) is 5.91 Å². The van der Waals surface area contributed by atoms with Gasteiger partial charge in [-0.25, -0.2) is 0 Å². The van der Waals surface area contributed by atoms with Gasteiger partial charge in [0.25, 0.3) is 0 Å². The average molecular weight is 232 g/mol. The summed E-state index contributed by atoms with van der Waals surface area (Å²) in [5.41, 5.74) is 0.832. The predicted molar refractivity (Wildman–Crippen MR) is 63.1 cm³/mol. The first-order valence-corrected chi connectivity index (χ1v) is 5.01. The molecule has 1 aromatic rings. The van der Waals surface area contributed by atoms with Gasteiger partial charge in [-0.1, -0.05) is 36.9 Å². The first-order valence-electron chi connectivity index (χ1n) is 5.01. The molecule has 0 fully saturated rings. The molecule has 0 aliphatic rings. The third kappa shape index (κ3) is 3.98. The molecule has 1 N–H and O–H groups in total. The van der Waals surface area contributed by atoms with E-state index >= 15 is 0 Å². The number of hydrogen-bond donors (Lipinski definition) is 1. The fraction of sp³-hybridized carbons (Fsp3) is 0.167. The second-order valence-electron chi connectivity index (χ2n) is 3.38. The highest BCUT2D eigenvalue weighted by molar-refractivity contribution is 5.92. The molecule has 1 atom stereocenters. The molecular weight excluding hydrogens is 220 g/mol. The molecule has 1 aromatic carbocycles. The van der Waals surface area contributed by atoms with Crippen LogP contribution in [-0.2, 0) is 16.0 Å². The second kappa shape index (κ2) is 6.32. The van der Waals surface area contributed by atoms with Crippen LogP contribution in [-0.4, -0.2) is 17.9 Å². The van der Waals surface area contributed by atoms with E-state index in [0.29, 0.717) is 0 Å². The molecule has 0 heterocycles. The van der Waals surface area contributed by atoms with E-state index in [4.69, 9.17) is 0 Å². The van der Waals surface area contributed by atoms with E-state index in [1.165, 1.54) is 0 Å². The summed E-state index contributed by atoms with van der Waals surface area (Å²) in [5.74, 6) is -1.41. The van der Waals surface area contributed by atoms with Crippen LogP contribution in [0.5, 0.6) is 0 Å². The lowest BCUT2D eigenvalue weighted by Crippen LogP contribution is -2.40. The highest BCUT2D eigenvalue weighted by Crippen LogP contribution is 2.04. The maximum atomic E-state index is 11.2. The van der Waals surface area contributed by atoms with Crippen LogP contribution in [0.3, 0.4) is 0 Å². The molecule has 0 aliphatic carbocycles. The summed E-state index contributed by atoms with van der Waals surface area (Å²) in [7, 11) is 0. The lowest BCUT2D eigenvalue weighted by Gasteiger charge is -2.12. The molecule has 5 nitrogen and oxygen atoms in total. The molecule has 0 spiro atoms. The van der Waals surface area contributed by atoms with Crippen molar-refractivity contribution in [2.24, 2.45) is 5.18 Å². The number of carbonyl (C=O) groups excluding carboxylic acids is 2. The first-order chi connectivity index (χ1) is 8.17. The van der Waals surface area contributed by atoms with Gasteiger partial charge in [0.15, 0.2) is 0 Å². The van der Waals surface area contributed by atoms with E-state index in [-0.39, 0.29) is 6.42 Å². The van der Waals surface area contributed by atoms with Crippen LogP contribution in [0.1, 0.15) is 5.56 Å². The maximum absolute atomic E-state index is 11.2. The Labute approximate surface area is 98.5 Å². The highest BCUT2D eigenvalue weighted by Gasteiger charge is 2.20. The Morgan fingerprint density at radius 2 is 2.00 bits per heavy atom. The third-order valence-corrected chi connectivity index (χ3v) is 2.17. The number of rotatable bonds is 5. The van der Waals surface area contributed by atoms with Crippen molar-refractivity contribution in [1.29, 1.82) is 0 Å². The van der Waals surface area contributed by atoms with Crippen molar-refractivity contribution in [1.82, 2.24) is 5.32 Å².